The molecule has 0 aliphatic rings. The average Bonchev–Trinajstić information content (AvgIpc) is 3.13. The normalized spacial score (nSPS) is 12.6. The summed E-state index contributed by atoms with van der Waals surface area (Å²) in [5.41, 5.74) is -4.11. The van der Waals surface area contributed by atoms with E-state index in [1.165, 1.54) is 0 Å². The molecular weight excluding hydrogens is 1110 g/mol. The molecule has 0 atom stereocenters. The van der Waals surface area contributed by atoms with Crippen LogP contribution in [-0.4, -0.2) is 119 Å². The van der Waals surface area contributed by atoms with Crippen molar-refractivity contribution in [3.63, 3.8) is 0 Å². The van der Waals surface area contributed by atoms with Crippen LogP contribution in [0.2, 0.25) is 0 Å². The zero-order chi connectivity index (χ0) is 47.6. The van der Waals surface area contributed by atoms with E-state index in [9.17, 15) is 82.2 Å². The second-order valence-corrected chi connectivity index (χ2v) is 22.3. The molecule has 0 unspecified atom stereocenters. The fourth-order valence-corrected chi connectivity index (χ4v) is 9.63. The number of nitrogens with zero attached hydrogens (tertiary/aromatic N) is 4. The van der Waals surface area contributed by atoms with E-state index in [-0.39, 0.29) is 160 Å². The van der Waals surface area contributed by atoms with Crippen LogP contribution in [0.4, 0.5) is 28.4 Å². The standard InChI is InChI=1S/C28H29N5O23S7.5Na/c1-54-23-7-3-16(57(35,36)10-8-55-62(48,49)50)12-22(23)31-33-27-25(61(45,46)47)14-19-18(28(27)34)4-6-21(29-15-59(39,40)41)26(19)32-30-20-5-2-17(13-24(20)60(42,43)44)58(37,38)11-9-56-63(51,52)53;;;;;/h2-7,12-14,29,34H,8-11,15H2,1H3,(H,39,40,41)(H,42,43,44)(H,45,46,47)(H,48,49,50)(H,51,52,53);;;;;/q;5*+1/p-5. The van der Waals surface area contributed by atoms with Gasteiger partial charge in [0.25, 0.3) is 0 Å². The smallest absolute Gasteiger partial charge is 0.871 e. The van der Waals surface area contributed by atoms with Gasteiger partial charge < -0.3 is 33.4 Å². The number of sulfone groups is 2. The monoisotopic (exact) mass is 1140 g/mol. The van der Waals surface area contributed by atoms with Crippen molar-refractivity contribution in [2.24, 2.45) is 20.5 Å². The van der Waals surface area contributed by atoms with Gasteiger partial charge in [-0.15, -0.1) is 20.5 Å². The second kappa shape index (κ2) is 27.6. The average molecular weight is 1140 g/mol. The molecular formula is C28H24N5Na5O23S7. The van der Waals surface area contributed by atoms with Crippen molar-refractivity contribution < 1.29 is 248 Å². The molecule has 4 rings (SSSR count). The first-order chi connectivity index (χ1) is 28.7. The molecule has 0 radical (unpaired) electrons. The Bertz CT molecular complexity index is 3370. The molecule has 2 N–H and O–H groups in total. The number of nitrogens with one attached hydrogen (secondary N) is 1. The molecule has 4 aromatic rings. The third-order valence-corrected chi connectivity index (χ3v) is 14.1. The zero-order valence-electron chi connectivity index (χ0n) is 35.8. The summed E-state index contributed by atoms with van der Waals surface area (Å²) in [6.45, 7) is -2.26. The van der Waals surface area contributed by atoms with E-state index in [0.29, 0.717) is 18.2 Å². The molecule has 68 heavy (non-hydrogen) atoms. The minimum absolute atomic E-state index is 0. The van der Waals surface area contributed by atoms with Gasteiger partial charge in [-0.05, 0) is 53.9 Å². The van der Waals surface area contributed by atoms with E-state index in [4.69, 9.17) is 9.29 Å². The Balaban J connectivity index is 0. The minimum atomic E-state index is -5.81. The summed E-state index contributed by atoms with van der Waals surface area (Å²) >= 11 is 0. The van der Waals surface area contributed by atoms with Crippen molar-refractivity contribution in [3.05, 3.63) is 54.6 Å². The van der Waals surface area contributed by atoms with E-state index in [1.54, 1.807) is 0 Å². The number of hydrogen-bond donors (Lipinski definition) is 2. The number of ether oxygens (including phenoxy) is 1. The van der Waals surface area contributed by atoms with Crippen LogP contribution < -0.4 is 163 Å². The van der Waals surface area contributed by atoms with Crippen LogP contribution in [0.3, 0.4) is 0 Å². The molecule has 0 saturated carbocycles. The molecule has 0 spiro atoms. The number of benzene rings is 4. The summed E-state index contributed by atoms with van der Waals surface area (Å²) in [7, 11) is -35.0. The third-order valence-electron chi connectivity index (χ3n) is 7.64. The molecule has 40 heteroatoms. The van der Waals surface area contributed by atoms with Gasteiger partial charge >= 0.3 is 158 Å². The van der Waals surface area contributed by atoms with Crippen LogP contribution in [0.15, 0.2) is 94.6 Å². The summed E-state index contributed by atoms with van der Waals surface area (Å²) < 4.78 is 235. The van der Waals surface area contributed by atoms with Crippen molar-refractivity contribution in [2.75, 3.05) is 43.0 Å². The topological polar surface area (TPSA) is 464 Å². The van der Waals surface area contributed by atoms with Crippen LogP contribution in [0, 0.1) is 0 Å². The quantitative estimate of drug-likeness (QED) is 0.0359. The number of azo groups is 2. The van der Waals surface area contributed by atoms with Gasteiger partial charge in [-0.25, -0.2) is 54.7 Å². The van der Waals surface area contributed by atoms with Crippen LogP contribution in [0.5, 0.6) is 11.5 Å². The van der Waals surface area contributed by atoms with Gasteiger partial charge in [0.2, 0.25) is 10.4 Å². The summed E-state index contributed by atoms with van der Waals surface area (Å²) in [5.74, 6) is -5.36. The van der Waals surface area contributed by atoms with Crippen LogP contribution in [0.1, 0.15) is 0 Å². The molecule has 4 aromatic carbocycles. The van der Waals surface area contributed by atoms with Crippen molar-refractivity contribution >= 4 is 110 Å². The molecule has 0 aliphatic carbocycles. The molecule has 0 heterocycles. The molecule has 28 nitrogen and oxygen atoms in total. The summed E-state index contributed by atoms with van der Waals surface area (Å²) in [6, 6.07) is 6.41. The third kappa shape index (κ3) is 20.4. The van der Waals surface area contributed by atoms with Crippen LogP contribution >= 0.6 is 0 Å². The Morgan fingerprint density at radius 1 is 0.574 bits per heavy atom. The molecule has 346 valence electrons. The number of anilines is 1. The van der Waals surface area contributed by atoms with Gasteiger partial charge in [0.15, 0.2) is 19.7 Å². The second-order valence-electron chi connectivity index (χ2n) is 11.9. The number of fused-ring (bicyclic) bond motifs is 1. The van der Waals surface area contributed by atoms with Crippen LogP contribution in [-0.2, 0) is 79.2 Å². The maximum Gasteiger partial charge on any atom is 1.00 e. The predicted octanol–water partition coefficient (Wildman–Crippen LogP) is -14.7. The summed E-state index contributed by atoms with van der Waals surface area (Å²) in [5, 5.41) is 29.1. The first kappa shape index (κ1) is 70.2. The molecule has 0 amide bonds. The molecule has 0 aliphatic heterocycles. The predicted molar refractivity (Wildman–Crippen MR) is 203 cm³/mol. The first-order valence-electron chi connectivity index (χ1n) is 16.0. The first-order valence-corrected chi connectivity index (χ1v) is 26.4. The Labute approximate surface area is 499 Å². The maximum absolute atomic E-state index is 13.9. The number of hydrogen-bond acceptors (Lipinski definition) is 27. The zero-order valence-corrected chi connectivity index (χ0v) is 51.5. The largest absolute Gasteiger partial charge is 1.00 e. The van der Waals surface area contributed by atoms with E-state index in [2.05, 4.69) is 34.1 Å². The summed E-state index contributed by atoms with van der Waals surface area (Å²) in [4.78, 5) is -4.39. The van der Waals surface area contributed by atoms with Crippen LogP contribution in [0.25, 0.3) is 10.8 Å². The van der Waals surface area contributed by atoms with Crippen molar-refractivity contribution in [3.8, 4) is 11.5 Å². The number of methoxy groups -OCH3 is 1. The molecule has 0 fully saturated rings. The Morgan fingerprint density at radius 3 is 1.57 bits per heavy atom. The van der Waals surface area contributed by atoms with Gasteiger partial charge in [-0.3, -0.25) is 8.74 Å². The van der Waals surface area contributed by atoms with E-state index in [1.807, 2.05) is 0 Å². The van der Waals surface area contributed by atoms with Gasteiger partial charge in [-0.2, -0.15) is 8.42 Å². The van der Waals surface area contributed by atoms with Gasteiger partial charge in [0, 0.05) is 5.39 Å². The van der Waals surface area contributed by atoms with Gasteiger partial charge in [0.1, 0.15) is 59.0 Å². The maximum atomic E-state index is 13.9. The summed E-state index contributed by atoms with van der Waals surface area (Å²) in [6.07, 6.45) is 0. The van der Waals surface area contributed by atoms with Gasteiger partial charge in [0.05, 0.1) is 62.8 Å². The molecule has 0 aromatic heterocycles. The van der Waals surface area contributed by atoms with Gasteiger partial charge in [-0.1, -0.05) is 11.8 Å². The minimum Gasteiger partial charge on any atom is -0.871 e. The van der Waals surface area contributed by atoms with Crippen molar-refractivity contribution in [1.29, 1.82) is 0 Å². The Kier molecular flexibility index (Phi) is 28.5. The SMILES string of the molecule is COc1ccc(S(=O)(=O)CCOS(=O)(=O)[O-])cc1N=Nc1c(S(=O)(=O)[O-])cc2c(N=Nc3ccc(S(=O)(=O)CCOS(=O)(=O)O)cc3S(=O)(=O)[O-])c(NCS(=O)(=O)[O-])ccc2c1[O-].[Na+].[Na+].[Na+].[Na+].[Na+]. The number of rotatable bonds is 20. The van der Waals surface area contributed by atoms with E-state index < -0.39 is 166 Å². The van der Waals surface area contributed by atoms with Crippen molar-refractivity contribution in [1.82, 2.24) is 0 Å². The molecule has 0 bridgehead atoms. The fraction of sp³-hybridized carbons (Fsp3) is 0.214. The molecule has 0 saturated heterocycles. The Morgan fingerprint density at radius 2 is 1.07 bits per heavy atom. The van der Waals surface area contributed by atoms with Crippen molar-refractivity contribution in [2.45, 2.75) is 19.6 Å². The Hall–Kier alpha value is 0.110. The van der Waals surface area contributed by atoms with E-state index >= 15 is 0 Å². The fourth-order valence-electron chi connectivity index (χ4n) is 4.94. The van der Waals surface area contributed by atoms with E-state index in [0.717, 1.165) is 37.4 Å².